The van der Waals surface area contributed by atoms with E-state index in [1.54, 1.807) is 18.2 Å². The van der Waals surface area contributed by atoms with Crippen molar-refractivity contribution >= 4 is 22.7 Å². The van der Waals surface area contributed by atoms with Gasteiger partial charge < -0.3 is 10.2 Å². The summed E-state index contributed by atoms with van der Waals surface area (Å²) in [7, 11) is 0. The standard InChI is InChI=1S/C22H12F6N6O2/c23-21(24,25)13-3-1-2-12(8-13)15-9-17-19(16(10-29)32-15)33-18(11-31-14-4-6-30-7-5-14)34(17)36-20(35)22(26,27)28/h1-9H,11H2,(H,30,31). The Labute approximate surface area is 197 Å². The number of hydrogen-bond donors (Lipinski definition) is 1. The van der Waals surface area contributed by atoms with Crippen LogP contribution in [0.5, 0.6) is 0 Å². The highest BCUT2D eigenvalue weighted by Gasteiger charge is 2.42. The summed E-state index contributed by atoms with van der Waals surface area (Å²) in [6.07, 6.45) is -7.13. The summed E-state index contributed by atoms with van der Waals surface area (Å²) in [6, 6.07) is 9.90. The minimum atomic E-state index is -5.36. The van der Waals surface area contributed by atoms with Crippen molar-refractivity contribution in [2.24, 2.45) is 0 Å². The molecular weight excluding hydrogens is 494 g/mol. The fourth-order valence-corrected chi connectivity index (χ4v) is 3.18. The molecule has 4 aromatic rings. The van der Waals surface area contributed by atoms with Crippen LogP contribution >= 0.6 is 0 Å². The Morgan fingerprint density at radius 1 is 1.06 bits per heavy atom. The van der Waals surface area contributed by atoms with Crippen LogP contribution in [0.25, 0.3) is 22.3 Å². The lowest BCUT2D eigenvalue weighted by atomic mass is 10.1. The van der Waals surface area contributed by atoms with E-state index in [9.17, 15) is 36.4 Å². The van der Waals surface area contributed by atoms with Gasteiger partial charge in [-0.25, -0.2) is 14.8 Å². The molecule has 0 bridgehead atoms. The van der Waals surface area contributed by atoms with E-state index in [-0.39, 0.29) is 34.7 Å². The minimum Gasteiger partial charge on any atom is -0.378 e. The quantitative estimate of drug-likeness (QED) is 0.397. The Hall–Kier alpha value is -4.67. The van der Waals surface area contributed by atoms with Crippen molar-refractivity contribution in [3.8, 4) is 17.3 Å². The molecule has 3 heterocycles. The highest BCUT2D eigenvalue weighted by molar-refractivity contribution is 5.86. The average molecular weight is 506 g/mol. The van der Waals surface area contributed by atoms with E-state index >= 15 is 0 Å². The Bertz CT molecular complexity index is 1470. The number of benzene rings is 1. The molecule has 0 saturated carbocycles. The maximum atomic E-state index is 13.2. The van der Waals surface area contributed by atoms with E-state index in [1.165, 1.54) is 18.5 Å². The Morgan fingerprint density at radius 2 is 1.78 bits per heavy atom. The first-order valence-corrected chi connectivity index (χ1v) is 9.91. The summed E-state index contributed by atoms with van der Waals surface area (Å²) in [6.45, 7) is -0.256. The molecule has 4 rings (SSSR count). The monoisotopic (exact) mass is 506 g/mol. The number of nitrogens with zero attached hydrogens (tertiary/aromatic N) is 5. The lowest BCUT2D eigenvalue weighted by molar-refractivity contribution is -0.199. The molecule has 0 unspecified atom stereocenters. The highest BCUT2D eigenvalue weighted by atomic mass is 19.4. The summed E-state index contributed by atoms with van der Waals surface area (Å²) < 4.78 is 78.9. The molecule has 0 spiro atoms. The molecule has 0 amide bonds. The average Bonchev–Trinajstić information content (AvgIpc) is 3.19. The van der Waals surface area contributed by atoms with Gasteiger partial charge >= 0.3 is 18.3 Å². The van der Waals surface area contributed by atoms with Gasteiger partial charge in [-0.05, 0) is 30.3 Å². The molecule has 1 N–H and O–H groups in total. The molecule has 0 aliphatic carbocycles. The van der Waals surface area contributed by atoms with Gasteiger partial charge in [0.1, 0.15) is 17.1 Å². The highest BCUT2D eigenvalue weighted by Crippen LogP contribution is 2.33. The van der Waals surface area contributed by atoms with E-state index in [4.69, 9.17) is 0 Å². The van der Waals surface area contributed by atoms with Gasteiger partial charge in [0, 0.05) is 23.6 Å². The second-order valence-electron chi connectivity index (χ2n) is 7.20. The number of aromatic nitrogens is 4. The maximum absolute atomic E-state index is 13.2. The predicted molar refractivity (Wildman–Crippen MR) is 112 cm³/mol. The molecule has 14 heteroatoms. The fourth-order valence-electron chi connectivity index (χ4n) is 3.18. The first-order chi connectivity index (χ1) is 17.0. The van der Waals surface area contributed by atoms with Crippen molar-refractivity contribution in [1.29, 1.82) is 5.26 Å². The van der Waals surface area contributed by atoms with Crippen LogP contribution in [0.15, 0.2) is 54.9 Å². The Morgan fingerprint density at radius 3 is 2.42 bits per heavy atom. The Balaban J connectivity index is 1.86. The van der Waals surface area contributed by atoms with Crippen molar-refractivity contribution < 1.29 is 36.0 Å². The number of alkyl halides is 6. The zero-order valence-electron chi connectivity index (χ0n) is 17.7. The van der Waals surface area contributed by atoms with Crippen molar-refractivity contribution in [2.75, 3.05) is 5.32 Å². The molecule has 0 radical (unpaired) electrons. The zero-order chi connectivity index (χ0) is 26.1. The first-order valence-electron chi connectivity index (χ1n) is 9.91. The van der Waals surface area contributed by atoms with E-state index < -0.39 is 29.6 Å². The van der Waals surface area contributed by atoms with Crippen LogP contribution in [-0.4, -0.2) is 31.8 Å². The zero-order valence-corrected chi connectivity index (χ0v) is 17.7. The number of fused-ring (bicyclic) bond motifs is 1. The van der Waals surface area contributed by atoms with E-state index in [2.05, 4.69) is 25.1 Å². The van der Waals surface area contributed by atoms with Gasteiger partial charge in [-0.3, -0.25) is 4.98 Å². The predicted octanol–water partition coefficient (Wildman–Crippen LogP) is 4.51. The summed E-state index contributed by atoms with van der Waals surface area (Å²) in [5.74, 6) is -2.80. The molecular formula is C22H12F6N6O2. The number of pyridine rings is 2. The van der Waals surface area contributed by atoms with Crippen LogP contribution in [0.4, 0.5) is 32.0 Å². The second kappa shape index (κ2) is 9.17. The van der Waals surface area contributed by atoms with Gasteiger partial charge in [0.2, 0.25) is 0 Å². The molecule has 0 aliphatic rings. The van der Waals surface area contributed by atoms with Crippen molar-refractivity contribution in [3.63, 3.8) is 0 Å². The number of anilines is 1. The van der Waals surface area contributed by atoms with Gasteiger partial charge in [-0.2, -0.15) is 36.3 Å². The fraction of sp³-hybridized carbons (Fsp3) is 0.136. The molecule has 0 aliphatic heterocycles. The molecule has 0 atom stereocenters. The third-order valence-electron chi connectivity index (χ3n) is 4.79. The largest absolute Gasteiger partial charge is 0.493 e. The van der Waals surface area contributed by atoms with Crippen LogP contribution in [-0.2, 0) is 17.5 Å². The number of carbonyl (C=O) groups is 1. The van der Waals surface area contributed by atoms with Crippen molar-refractivity contribution in [1.82, 2.24) is 19.7 Å². The normalized spacial score (nSPS) is 11.8. The summed E-state index contributed by atoms with van der Waals surface area (Å²) in [5, 5.41) is 12.4. The number of carbonyl (C=O) groups excluding carboxylic acids is 1. The van der Waals surface area contributed by atoms with Gasteiger partial charge in [0.05, 0.1) is 17.8 Å². The molecule has 3 aromatic heterocycles. The number of imidazole rings is 1. The summed E-state index contributed by atoms with van der Waals surface area (Å²) in [5.41, 5.74) is -1.63. The number of nitrogens with one attached hydrogen (secondary N) is 1. The summed E-state index contributed by atoms with van der Waals surface area (Å²) >= 11 is 0. The van der Waals surface area contributed by atoms with Crippen LogP contribution in [0, 0.1) is 11.3 Å². The van der Waals surface area contributed by atoms with Crippen LogP contribution in [0.2, 0.25) is 0 Å². The van der Waals surface area contributed by atoms with Gasteiger partial charge in [-0.1, -0.05) is 12.1 Å². The molecule has 1 aromatic carbocycles. The molecule has 0 fully saturated rings. The maximum Gasteiger partial charge on any atom is 0.493 e. The number of hydrogen-bond acceptors (Lipinski definition) is 7. The third kappa shape index (κ3) is 5.04. The lowest BCUT2D eigenvalue weighted by Crippen LogP contribution is -2.34. The van der Waals surface area contributed by atoms with E-state index in [1.807, 2.05) is 0 Å². The second-order valence-corrected chi connectivity index (χ2v) is 7.20. The lowest BCUT2D eigenvalue weighted by Gasteiger charge is -2.12. The smallest absolute Gasteiger partial charge is 0.378 e. The summed E-state index contributed by atoms with van der Waals surface area (Å²) in [4.78, 5) is 28.1. The number of halogens is 6. The van der Waals surface area contributed by atoms with Gasteiger partial charge in [0.15, 0.2) is 11.5 Å². The van der Waals surface area contributed by atoms with Crippen LogP contribution in [0.1, 0.15) is 17.1 Å². The van der Waals surface area contributed by atoms with Crippen molar-refractivity contribution in [3.05, 3.63) is 71.9 Å². The van der Waals surface area contributed by atoms with E-state index in [0.717, 1.165) is 24.3 Å². The van der Waals surface area contributed by atoms with Crippen molar-refractivity contribution in [2.45, 2.75) is 18.9 Å². The Kier molecular flexibility index (Phi) is 6.23. The molecule has 184 valence electrons. The minimum absolute atomic E-state index is 0.0745. The number of rotatable bonds is 5. The topological polar surface area (TPSA) is 106 Å². The van der Waals surface area contributed by atoms with Gasteiger partial charge in [0.25, 0.3) is 0 Å². The number of nitriles is 1. The third-order valence-corrected chi connectivity index (χ3v) is 4.79. The molecule has 36 heavy (non-hydrogen) atoms. The van der Waals surface area contributed by atoms with Gasteiger partial charge in [-0.15, -0.1) is 0 Å². The molecule has 8 nitrogen and oxygen atoms in total. The van der Waals surface area contributed by atoms with Crippen LogP contribution < -0.4 is 10.2 Å². The van der Waals surface area contributed by atoms with E-state index in [0.29, 0.717) is 10.4 Å². The van der Waals surface area contributed by atoms with Crippen LogP contribution in [0.3, 0.4) is 0 Å². The first kappa shape index (κ1) is 24.5. The molecule has 0 saturated heterocycles. The SMILES string of the molecule is N#Cc1nc(-c2cccc(C(F)(F)F)c2)cc2c1nc(CNc1ccncc1)n2OC(=O)C(F)(F)F.